The summed E-state index contributed by atoms with van der Waals surface area (Å²) in [4.78, 5) is 49.6. The van der Waals surface area contributed by atoms with Crippen molar-refractivity contribution >= 4 is 23.5 Å². The molecule has 0 bridgehead atoms. The summed E-state index contributed by atoms with van der Waals surface area (Å²) >= 11 is 0. The predicted octanol–water partition coefficient (Wildman–Crippen LogP) is 3.34. The van der Waals surface area contributed by atoms with Crippen molar-refractivity contribution in [2.24, 2.45) is 34.5 Å². The average molecular weight is 473 g/mol. The first-order valence-electron chi connectivity index (χ1n) is 12.4. The summed E-state index contributed by atoms with van der Waals surface area (Å²) in [7, 11) is 0. The molecular formula is C27H36O7. The van der Waals surface area contributed by atoms with Crippen molar-refractivity contribution < 1.29 is 33.8 Å². The maximum absolute atomic E-state index is 13.5. The van der Waals surface area contributed by atoms with Crippen LogP contribution in [-0.4, -0.2) is 46.9 Å². The fourth-order valence-electron chi connectivity index (χ4n) is 7.97. The Morgan fingerprint density at radius 2 is 1.94 bits per heavy atom. The number of ether oxygens (including phenoxy) is 2. The molecule has 7 heteroatoms. The minimum absolute atomic E-state index is 0.0182. The minimum atomic E-state index is -1.44. The minimum Gasteiger partial charge on any atom is -0.458 e. The van der Waals surface area contributed by atoms with E-state index in [-0.39, 0.29) is 35.9 Å². The molecule has 4 aliphatic rings. The number of carbonyl (C=O) groups excluding carboxylic acids is 4. The molecule has 0 aromatic heterocycles. The van der Waals surface area contributed by atoms with Gasteiger partial charge in [-0.3, -0.25) is 19.2 Å². The summed E-state index contributed by atoms with van der Waals surface area (Å²) in [6, 6.07) is 0. The van der Waals surface area contributed by atoms with Crippen LogP contribution in [0.25, 0.3) is 0 Å². The number of aliphatic hydroxyl groups excluding tert-OH is 1. The van der Waals surface area contributed by atoms with Gasteiger partial charge in [-0.15, -0.1) is 0 Å². The lowest BCUT2D eigenvalue weighted by atomic mass is 9.44. The molecule has 1 N–H and O–H groups in total. The molecule has 3 saturated carbocycles. The second kappa shape index (κ2) is 8.43. The lowest BCUT2D eigenvalue weighted by Crippen LogP contribution is -2.63. The van der Waals surface area contributed by atoms with Gasteiger partial charge in [-0.05, 0) is 55.6 Å². The highest BCUT2D eigenvalue weighted by Gasteiger charge is 2.70. The van der Waals surface area contributed by atoms with Gasteiger partial charge in [0.2, 0.25) is 5.78 Å². The molecule has 0 aromatic rings. The normalized spacial score (nSPS) is 42.7. The molecule has 4 rings (SSSR count). The fourth-order valence-corrected chi connectivity index (χ4v) is 7.97. The molecule has 0 amide bonds. The largest absolute Gasteiger partial charge is 0.458 e. The molecule has 0 heterocycles. The number of esters is 2. The van der Waals surface area contributed by atoms with Gasteiger partial charge in [-0.1, -0.05) is 39.3 Å². The summed E-state index contributed by atoms with van der Waals surface area (Å²) in [5, 5.41) is 11.6. The van der Waals surface area contributed by atoms with Gasteiger partial charge in [0.05, 0.1) is 6.10 Å². The lowest BCUT2D eigenvalue weighted by Gasteiger charge is -2.61. The molecule has 4 aliphatic carbocycles. The zero-order chi connectivity index (χ0) is 25.1. The summed E-state index contributed by atoms with van der Waals surface area (Å²) in [5.74, 6) is -1.29. The van der Waals surface area contributed by atoms with E-state index in [4.69, 9.17) is 9.47 Å². The second-order valence-electron chi connectivity index (χ2n) is 11.1. The zero-order valence-corrected chi connectivity index (χ0v) is 20.8. The molecule has 8 atom stereocenters. The Morgan fingerprint density at radius 1 is 1.24 bits per heavy atom. The molecule has 186 valence electrons. The monoisotopic (exact) mass is 472 g/mol. The zero-order valence-electron chi connectivity index (χ0n) is 20.8. The molecule has 3 fully saturated rings. The van der Waals surface area contributed by atoms with Crippen LogP contribution in [-0.2, 0) is 28.7 Å². The number of allylic oxidation sites excluding steroid dienone is 4. The Balaban J connectivity index is 1.76. The first-order chi connectivity index (χ1) is 15.9. The number of carbonyl (C=O) groups is 4. The van der Waals surface area contributed by atoms with Crippen LogP contribution in [0.1, 0.15) is 66.7 Å². The first kappa shape index (κ1) is 24.8. The number of hydrogen-bond acceptors (Lipinski definition) is 7. The van der Waals surface area contributed by atoms with Gasteiger partial charge in [0.1, 0.15) is 0 Å². The van der Waals surface area contributed by atoms with Gasteiger partial charge >= 0.3 is 11.9 Å². The third-order valence-corrected chi connectivity index (χ3v) is 9.37. The van der Waals surface area contributed by atoms with E-state index in [0.717, 1.165) is 12.0 Å². The van der Waals surface area contributed by atoms with Crippen molar-refractivity contribution in [2.45, 2.75) is 78.4 Å². The Hall–Kier alpha value is -2.28. The van der Waals surface area contributed by atoms with E-state index in [0.29, 0.717) is 19.3 Å². The van der Waals surface area contributed by atoms with Crippen molar-refractivity contribution in [1.82, 2.24) is 0 Å². The lowest BCUT2D eigenvalue weighted by molar-refractivity contribution is -0.201. The van der Waals surface area contributed by atoms with Gasteiger partial charge in [0.15, 0.2) is 18.0 Å². The van der Waals surface area contributed by atoms with Crippen LogP contribution in [0.15, 0.2) is 23.8 Å². The van der Waals surface area contributed by atoms with Gasteiger partial charge in [-0.2, -0.15) is 0 Å². The quantitative estimate of drug-likeness (QED) is 0.612. The van der Waals surface area contributed by atoms with Crippen LogP contribution in [0.4, 0.5) is 0 Å². The van der Waals surface area contributed by atoms with Crippen LogP contribution in [0, 0.1) is 34.5 Å². The molecular weight excluding hydrogens is 436 g/mol. The van der Waals surface area contributed by atoms with Crippen molar-refractivity contribution in [3.05, 3.63) is 23.8 Å². The van der Waals surface area contributed by atoms with E-state index in [1.807, 2.05) is 13.0 Å². The summed E-state index contributed by atoms with van der Waals surface area (Å²) in [6.07, 6.45) is 6.77. The van der Waals surface area contributed by atoms with Gasteiger partial charge in [-0.25, -0.2) is 0 Å². The van der Waals surface area contributed by atoms with E-state index in [1.54, 1.807) is 19.1 Å². The summed E-state index contributed by atoms with van der Waals surface area (Å²) < 4.78 is 11.0. The first-order valence-corrected chi connectivity index (χ1v) is 12.4. The summed E-state index contributed by atoms with van der Waals surface area (Å²) in [5.41, 5.74) is -1.60. The topological polar surface area (TPSA) is 107 Å². The van der Waals surface area contributed by atoms with Crippen LogP contribution < -0.4 is 0 Å². The second-order valence-corrected chi connectivity index (χ2v) is 11.1. The van der Waals surface area contributed by atoms with Crippen molar-refractivity contribution in [3.8, 4) is 0 Å². The molecule has 0 aromatic carbocycles. The third kappa shape index (κ3) is 3.50. The third-order valence-electron chi connectivity index (χ3n) is 9.37. The molecule has 7 nitrogen and oxygen atoms in total. The van der Waals surface area contributed by atoms with Crippen molar-refractivity contribution in [3.63, 3.8) is 0 Å². The highest BCUT2D eigenvalue weighted by Crippen LogP contribution is 2.68. The molecule has 0 spiro atoms. The maximum atomic E-state index is 13.5. The van der Waals surface area contributed by atoms with E-state index in [9.17, 15) is 24.3 Å². The van der Waals surface area contributed by atoms with Crippen LogP contribution in [0.2, 0.25) is 0 Å². The van der Waals surface area contributed by atoms with E-state index >= 15 is 0 Å². The number of hydrogen-bond donors (Lipinski definition) is 1. The molecule has 34 heavy (non-hydrogen) atoms. The number of ketones is 2. The standard InChI is InChI=1S/C27H36O7/c1-6-23(32)34-27(22(31)14-33-16(3)28)10-8-19-18-11-15(2)20-12-17(29)7-9-25(20,4)24(18)21(30)13-26(19,27)5/h7,9,12,15,18-19,21,24,30H,6,8,10-11,13-14H2,1-5H3/t15-,18-,19-,21?,24+,25-,26-,27-/m0/s1. The number of Topliss-reactive ketones (excluding diaryl/α,β-unsaturated/α-hetero) is 1. The molecule has 0 radical (unpaired) electrons. The average Bonchev–Trinajstić information content (AvgIpc) is 3.05. The van der Waals surface area contributed by atoms with Crippen LogP contribution in [0.5, 0.6) is 0 Å². The Labute approximate surface area is 200 Å². The smallest absolute Gasteiger partial charge is 0.306 e. The maximum Gasteiger partial charge on any atom is 0.306 e. The number of fused-ring (bicyclic) bond motifs is 5. The highest BCUT2D eigenvalue weighted by atomic mass is 16.6. The van der Waals surface area contributed by atoms with E-state index < -0.39 is 46.9 Å². The van der Waals surface area contributed by atoms with Gasteiger partial charge < -0.3 is 14.6 Å². The van der Waals surface area contributed by atoms with Crippen LogP contribution in [0.3, 0.4) is 0 Å². The summed E-state index contributed by atoms with van der Waals surface area (Å²) in [6.45, 7) is 8.65. The van der Waals surface area contributed by atoms with E-state index in [2.05, 4.69) is 13.8 Å². The Kier molecular flexibility index (Phi) is 6.16. The van der Waals surface area contributed by atoms with Crippen LogP contribution >= 0.6 is 0 Å². The highest BCUT2D eigenvalue weighted by molar-refractivity contribution is 6.01. The van der Waals surface area contributed by atoms with Gasteiger partial charge in [0.25, 0.3) is 0 Å². The van der Waals surface area contributed by atoms with E-state index in [1.165, 1.54) is 6.92 Å². The molecule has 0 aliphatic heterocycles. The Morgan fingerprint density at radius 3 is 2.59 bits per heavy atom. The van der Waals surface area contributed by atoms with Crippen molar-refractivity contribution in [2.75, 3.05) is 6.61 Å². The van der Waals surface area contributed by atoms with Crippen molar-refractivity contribution in [1.29, 1.82) is 0 Å². The fraction of sp³-hybridized carbons (Fsp3) is 0.704. The number of rotatable bonds is 5. The van der Waals surface area contributed by atoms with Gasteiger partial charge in [0, 0.05) is 30.1 Å². The Bertz CT molecular complexity index is 979. The number of aliphatic hydroxyl groups is 1. The predicted molar refractivity (Wildman–Crippen MR) is 123 cm³/mol. The molecule has 0 saturated heterocycles. The molecule has 1 unspecified atom stereocenters. The SMILES string of the molecule is CCC(=O)O[C@]1(C(=O)COC(C)=O)CC[C@H]2[C@@H]3C[C@H](C)C4=CC(=O)C=C[C@]4(C)[C@H]3C(O)C[C@@]21C.